The van der Waals surface area contributed by atoms with Gasteiger partial charge in [-0.2, -0.15) is 22.6 Å². The van der Waals surface area contributed by atoms with E-state index in [4.69, 9.17) is 4.74 Å². The van der Waals surface area contributed by atoms with Crippen molar-refractivity contribution in [2.24, 2.45) is 0 Å². The summed E-state index contributed by atoms with van der Waals surface area (Å²) in [5, 5.41) is 9.36. The maximum Gasteiger partial charge on any atom is 0.471 e. The second-order valence-electron chi connectivity index (χ2n) is 11.6. The molecule has 19 heteroatoms. The van der Waals surface area contributed by atoms with E-state index < -0.39 is 50.6 Å². The fourth-order valence-electron chi connectivity index (χ4n) is 5.75. The number of likely N-dealkylation sites (N-methyl/N-ethyl adjacent to an activating group) is 1. The highest BCUT2D eigenvalue weighted by atomic mass is 35.5. The summed E-state index contributed by atoms with van der Waals surface area (Å²) in [5.41, 5.74) is 0.596. The summed E-state index contributed by atoms with van der Waals surface area (Å²) in [6.45, 7) is 3.19. The number of carbonyl (C=O) groups is 2. The lowest BCUT2D eigenvalue weighted by Gasteiger charge is -2.36. The molecule has 0 unspecified atom stereocenters. The van der Waals surface area contributed by atoms with Gasteiger partial charge in [0.25, 0.3) is 5.91 Å². The van der Waals surface area contributed by atoms with Crippen LogP contribution in [0.5, 0.6) is 0 Å². The third-order valence-corrected chi connectivity index (χ3v) is 10.1. The van der Waals surface area contributed by atoms with Crippen molar-refractivity contribution in [1.29, 1.82) is 0 Å². The lowest BCUT2D eigenvalue weighted by atomic mass is 10.1. The van der Waals surface area contributed by atoms with Crippen molar-refractivity contribution < 1.29 is 44.7 Å². The van der Waals surface area contributed by atoms with Gasteiger partial charge < -0.3 is 19.9 Å². The van der Waals surface area contributed by atoms with Gasteiger partial charge in [0.2, 0.25) is 10.0 Å². The number of piperazine rings is 1. The average molecular weight is 736 g/mol. The van der Waals surface area contributed by atoms with Gasteiger partial charge >= 0.3 is 12.1 Å². The molecule has 0 bridgehead atoms. The number of aromatic amines is 1. The zero-order valence-corrected chi connectivity index (χ0v) is 28.3. The van der Waals surface area contributed by atoms with Crippen molar-refractivity contribution in [2.45, 2.75) is 37.0 Å². The van der Waals surface area contributed by atoms with E-state index in [2.05, 4.69) is 20.4 Å². The molecule has 268 valence electrons. The fourth-order valence-corrected chi connectivity index (χ4v) is 7.21. The maximum atomic E-state index is 14.0. The summed E-state index contributed by atoms with van der Waals surface area (Å²) in [5.74, 6) is -5.28. The number of ether oxygens (including phenoxy) is 1. The van der Waals surface area contributed by atoms with Crippen LogP contribution in [0.1, 0.15) is 28.5 Å². The Morgan fingerprint density at radius 2 is 1.71 bits per heavy atom. The molecule has 5 rings (SSSR count). The Morgan fingerprint density at radius 1 is 1.06 bits per heavy atom. The van der Waals surface area contributed by atoms with Crippen LogP contribution in [0.2, 0.25) is 0 Å². The highest BCUT2D eigenvalue weighted by Gasteiger charge is 2.45. The van der Waals surface area contributed by atoms with Crippen molar-refractivity contribution in [3.05, 3.63) is 64.9 Å². The number of fused-ring (bicyclic) bond motifs is 1. The molecule has 0 radical (unpaired) electrons. The van der Waals surface area contributed by atoms with Crippen LogP contribution in [0.4, 0.5) is 39.1 Å². The molecule has 2 aliphatic rings. The molecule has 2 N–H and O–H groups in total. The summed E-state index contributed by atoms with van der Waals surface area (Å²) in [6, 6.07) is 5.07. The first-order valence-electron chi connectivity index (χ1n) is 14.9. The van der Waals surface area contributed by atoms with Crippen LogP contribution in [0, 0.1) is 11.6 Å². The van der Waals surface area contributed by atoms with Gasteiger partial charge in [0.05, 0.1) is 34.5 Å². The van der Waals surface area contributed by atoms with Gasteiger partial charge in [-0.15, -0.1) is 12.4 Å². The number of sulfonamides is 1. The molecule has 0 spiro atoms. The van der Waals surface area contributed by atoms with Crippen molar-refractivity contribution in [1.82, 2.24) is 19.4 Å². The number of halogens is 6. The first-order valence-corrected chi connectivity index (χ1v) is 16.3. The lowest BCUT2D eigenvalue weighted by molar-refractivity contribution is -0.171. The number of rotatable bonds is 9. The number of benzene rings is 2. The minimum atomic E-state index is -5.28. The molecule has 12 nitrogen and oxygen atoms in total. The molecule has 0 aliphatic carbocycles. The highest BCUT2D eigenvalue weighted by Crippen LogP contribution is 2.34. The van der Waals surface area contributed by atoms with Crippen LogP contribution < -0.4 is 15.1 Å². The lowest BCUT2D eigenvalue weighted by Crippen LogP contribution is -2.49. The number of H-pyrrole nitrogens is 1. The monoisotopic (exact) mass is 735 g/mol. The number of anilines is 3. The van der Waals surface area contributed by atoms with Crippen LogP contribution in [-0.2, 0) is 32.5 Å². The van der Waals surface area contributed by atoms with Crippen molar-refractivity contribution >= 4 is 51.4 Å². The molecule has 1 fully saturated rings. The third-order valence-electron chi connectivity index (χ3n) is 8.26. The van der Waals surface area contributed by atoms with Crippen LogP contribution >= 0.6 is 12.4 Å². The van der Waals surface area contributed by atoms with Crippen LogP contribution in [0.3, 0.4) is 0 Å². The van der Waals surface area contributed by atoms with Gasteiger partial charge in [-0.3, -0.25) is 19.6 Å². The number of methoxy groups -OCH3 is 1. The molecule has 2 amide bonds. The highest BCUT2D eigenvalue weighted by molar-refractivity contribution is 7.89. The summed E-state index contributed by atoms with van der Waals surface area (Å²) in [6.07, 6.45) is -5.19. The number of amides is 2. The molecule has 1 atom stereocenters. The van der Waals surface area contributed by atoms with E-state index >= 15 is 0 Å². The van der Waals surface area contributed by atoms with Gasteiger partial charge in [-0.1, -0.05) is 0 Å². The Kier molecular flexibility index (Phi) is 11.6. The topological polar surface area (TPSA) is 131 Å². The Balaban J connectivity index is 0.00000541. The first kappa shape index (κ1) is 38.0. The van der Waals surface area contributed by atoms with E-state index in [0.29, 0.717) is 60.7 Å². The average Bonchev–Trinajstić information content (AvgIpc) is 3.42. The largest absolute Gasteiger partial charge is 0.471 e. The molecule has 0 saturated carbocycles. The smallest absolute Gasteiger partial charge is 0.383 e. The quantitative estimate of drug-likeness (QED) is 0.318. The Labute approximate surface area is 285 Å². The number of alkyl halides is 3. The number of nitrogens with zero attached hydrogens (tertiary/aromatic N) is 5. The molecular weight excluding hydrogens is 701 g/mol. The minimum Gasteiger partial charge on any atom is -0.383 e. The third kappa shape index (κ3) is 8.15. The number of aromatic nitrogens is 2. The van der Waals surface area contributed by atoms with Gasteiger partial charge in [-0.25, -0.2) is 17.2 Å². The van der Waals surface area contributed by atoms with E-state index in [-0.39, 0.29) is 61.2 Å². The predicted octanol–water partition coefficient (Wildman–Crippen LogP) is 3.79. The van der Waals surface area contributed by atoms with E-state index in [9.17, 15) is 40.0 Å². The number of nitrogens with one attached hydrogen (secondary N) is 2. The number of hydrogen-bond acceptors (Lipinski definition) is 8. The molecule has 49 heavy (non-hydrogen) atoms. The Morgan fingerprint density at radius 3 is 2.33 bits per heavy atom. The molecular formula is C30H35ClF5N7O5S. The molecule has 3 heterocycles. The van der Waals surface area contributed by atoms with Gasteiger partial charge in [-0.05, 0) is 44.3 Å². The van der Waals surface area contributed by atoms with Gasteiger partial charge in [0.15, 0.2) is 0 Å². The minimum absolute atomic E-state index is 0. The molecule has 1 aromatic heterocycles. The van der Waals surface area contributed by atoms with Crippen LogP contribution in [-0.4, -0.2) is 105 Å². The molecule has 3 aromatic rings. The second-order valence-corrected chi connectivity index (χ2v) is 13.6. The van der Waals surface area contributed by atoms with Crippen LogP contribution in [0.25, 0.3) is 0 Å². The number of carbonyl (C=O) groups excluding carboxylic acids is 2. The van der Waals surface area contributed by atoms with Gasteiger partial charge in [0, 0.05) is 70.1 Å². The normalized spacial score (nSPS) is 16.4. The summed E-state index contributed by atoms with van der Waals surface area (Å²) < 4.78 is 102. The van der Waals surface area contributed by atoms with E-state index in [1.54, 1.807) is 6.07 Å². The maximum absolute atomic E-state index is 14.0. The number of hydrogen-bond donors (Lipinski definition) is 2. The van der Waals surface area contributed by atoms with Crippen molar-refractivity contribution in [3.63, 3.8) is 0 Å². The van der Waals surface area contributed by atoms with E-state index in [0.717, 1.165) is 4.31 Å². The zero-order valence-electron chi connectivity index (χ0n) is 26.7. The van der Waals surface area contributed by atoms with Gasteiger partial charge in [0.1, 0.15) is 17.5 Å². The summed E-state index contributed by atoms with van der Waals surface area (Å²) in [7, 11) is -1.16. The Bertz CT molecular complexity index is 1780. The van der Waals surface area contributed by atoms with E-state index in [1.165, 1.54) is 26.2 Å². The van der Waals surface area contributed by atoms with Crippen molar-refractivity contribution in [2.75, 3.05) is 68.6 Å². The standard InChI is InChI=1S/C30H34F5N7O5S.ClH/c1-18(17-47-3)42(29(44)30(33,34)35)26-15-21(40-10-8-39(2)9-11-40)4-5-23(26)28(43)36-27-24-16-41(7-6-25(24)37-38-27)48(45,46)22-13-19(31)12-20(32)14-22;/h4-5,12-15,18H,6-11,16-17H2,1-3H3,(H2,36,37,38,43);1H/t18-;/m1./s1. The first-order chi connectivity index (χ1) is 22.6. The Hall–Kier alpha value is -3.84. The fraction of sp³-hybridized carbons (Fsp3) is 0.433. The molecule has 1 saturated heterocycles. The molecule has 2 aromatic carbocycles. The van der Waals surface area contributed by atoms with Crippen molar-refractivity contribution in [3.8, 4) is 0 Å². The molecule has 2 aliphatic heterocycles. The zero-order chi connectivity index (χ0) is 35.0. The van der Waals surface area contributed by atoms with E-state index in [1.807, 2.05) is 11.9 Å². The van der Waals surface area contributed by atoms with Crippen LogP contribution in [0.15, 0.2) is 41.3 Å². The predicted molar refractivity (Wildman–Crippen MR) is 172 cm³/mol. The summed E-state index contributed by atoms with van der Waals surface area (Å²) >= 11 is 0. The summed E-state index contributed by atoms with van der Waals surface area (Å²) in [4.78, 5) is 30.6. The SMILES string of the molecule is COC[C@@H](C)N(C(=O)C(F)(F)F)c1cc(N2CCN(C)CC2)ccc1C(=O)Nc1[nH]nc2c1CN(S(=O)(=O)c1cc(F)cc(F)c1)CC2.Cl. The second kappa shape index (κ2) is 15.0.